The first kappa shape index (κ1) is 17.5. The molecule has 0 spiro atoms. The van der Waals surface area contributed by atoms with Gasteiger partial charge in [-0.2, -0.15) is 13.2 Å². The number of rotatable bonds is 1. The molecule has 0 fully saturated rings. The lowest BCUT2D eigenvalue weighted by Gasteiger charge is -2.14. The van der Waals surface area contributed by atoms with Crippen LogP contribution in [-0.2, 0) is 6.18 Å². The smallest absolute Gasteiger partial charge is 0.256 e. The van der Waals surface area contributed by atoms with Crippen LogP contribution in [0.3, 0.4) is 0 Å². The largest absolute Gasteiger partial charge is 0.416 e. The molecule has 0 bridgehead atoms. The summed E-state index contributed by atoms with van der Waals surface area (Å²) >= 11 is 0. The number of aromatic nitrogens is 1. The van der Waals surface area contributed by atoms with Gasteiger partial charge in [-0.1, -0.05) is 29.3 Å². The SMILES string of the molecule is Cc1cc(C)cc(-c2nccc3c2ccc2c(C)cc(C(F)(F)F)cc23)c1. The zero-order chi connectivity index (χ0) is 19.3. The second-order valence-corrected chi connectivity index (χ2v) is 7.08. The fraction of sp³-hybridized carbons (Fsp3) is 0.174. The summed E-state index contributed by atoms with van der Waals surface area (Å²) in [4.78, 5) is 4.54. The van der Waals surface area contributed by atoms with Crippen LogP contribution in [0.15, 0.2) is 54.7 Å². The van der Waals surface area contributed by atoms with Crippen LogP contribution < -0.4 is 0 Å². The number of benzene rings is 3. The summed E-state index contributed by atoms with van der Waals surface area (Å²) in [5, 5.41) is 3.07. The maximum Gasteiger partial charge on any atom is 0.416 e. The molecule has 0 saturated heterocycles. The molecule has 0 amide bonds. The molecule has 27 heavy (non-hydrogen) atoms. The van der Waals surface area contributed by atoms with Gasteiger partial charge in [0.15, 0.2) is 0 Å². The third kappa shape index (κ3) is 3.05. The Morgan fingerprint density at radius 2 is 1.37 bits per heavy atom. The van der Waals surface area contributed by atoms with Crippen molar-refractivity contribution in [2.75, 3.05) is 0 Å². The highest BCUT2D eigenvalue weighted by Crippen LogP contribution is 2.37. The zero-order valence-corrected chi connectivity index (χ0v) is 15.3. The molecule has 0 aliphatic rings. The Kier molecular flexibility index (Phi) is 3.95. The molecule has 1 heterocycles. The Morgan fingerprint density at radius 1 is 0.704 bits per heavy atom. The molecule has 4 heteroatoms. The van der Waals surface area contributed by atoms with Crippen LogP contribution in [0.4, 0.5) is 13.2 Å². The van der Waals surface area contributed by atoms with Gasteiger partial charge in [0.05, 0.1) is 11.3 Å². The third-order valence-electron chi connectivity index (χ3n) is 4.91. The summed E-state index contributed by atoms with van der Waals surface area (Å²) in [6, 6.07) is 14.3. The van der Waals surface area contributed by atoms with E-state index in [1.54, 1.807) is 19.2 Å². The zero-order valence-electron chi connectivity index (χ0n) is 15.3. The predicted octanol–water partition coefficient (Wildman–Crippen LogP) is 7.00. The predicted molar refractivity (Wildman–Crippen MR) is 104 cm³/mol. The molecule has 1 aromatic heterocycles. The van der Waals surface area contributed by atoms with E-state index in [2.05, 4.69) is 23.2 Å². The lowest BCUT2D eigenvalue weighted by Crippen LogP contribution is -2.05. The van der Waals surface area contributed by atoms with Crippen molar-refractivity contribution in [1.82, 2.24) is 4.98 Å². The molecule has 4 rings (SSSR count). The summed E-state index contributed by atoms with van der Waals surface area (Å²) in [5.74, 6) is 0. The number of halogens is 3. The van der Waals surface area contributed by atoms with Gasteiger partial charge in [-0.15, -0.1) is 0 Å². The molecule has 0 aliphatic heterocycles. The third-order valence-corrected chi connectivity index (χ3v) is 4.91. The van der Waals surface area contributed by atoms with Gasteiger partial charge >= 0.3 is 6.18 Å². The minimum atomic E-state index is -4.37. The lowest BCUT2D eigenvalue weighted by atomic mass is 9.94. The Bertz CT molecular complexity index is 1170. The number of alkyl halides is 3. The van der Waals surface area contributed by atoms with E-state index in [0.717, 1.165) is 38.5 Å². The fourth-order valence-corrected chi connectivity index (χ4v) is 3.79. The van der Waals surface area contributed by atoms with Gasteiger partial charge in [-0.05, 0) is 72.8 Å². The minimum Gasteiger partial charge on any atom is -0.256 e. The molecule has 0 atom stereocenters. The summed E-state index contributed by atoms with van der Waals surface area (Å²) < 4.78 is 39.9. The number of pyridine rings is 1. The van der Waals surface area contributed by atoms with Crippen LogP contribution in [0.25, 0.3) is 32.8 Å². The van der Waals surface area contributed by atoms with Gasteiger partial charge in [0, 0.05) is 17.1 Å². The van der Waals surface area contributed by atoms with E-state index in [-0.39, 0.29) is 0 Å². The van der Waals surface area contributed by atoms with Gasteiger partial charge in [0.2, 0.25) is 0 Å². The molecule has 3 aromatic carbocycles. The second-order valence-electron chi connectivity index (χ2n) is 7.08. The van der Waals surface area contributed by atoms with E-state index in [1.807, 2.05) is 26.0 Å². The van der Waals surface area contributed by atoms with Crippen LogP contribution in [0.5, 0.6) is 0 Å². The average Bonchev–Trinajstić information content (AvgIpc) is 2.59. The van der Waals surface area contributed by atoms with Gasteiger partial charge in [-0.25, -0.2) is 0 Å². The highest BCUT2D eigenvalue weighted by molar-refractivity contribution is 6.12. The normalized spacial score (nSPS) is 12.1. The summed E-state index contributed by atoms with van der Waals surface area (Å²) in [6.45, 7) is 5.77. The topological polar surface area (TPSA) is 12.9 Å². The molecule has 0 unspecified atom stereocenters. The first-order valence-corrected chi connectivity index (χ1v) is 8.72. The van der Waals surface area contributed by atoms with Crippen LogP contribution in [0.1, 0.15) is 22.3 Å². The maximum atomic E-state index is 13.3. The fourth-order valence-electron chi connectivity index (χ4n) is 3.79. The van der Waals surface area contributed by atoms with E-state index >= 15 is 0 Å². The molecule has 1 nitrogen and oxygen atoms in total. The highest BCUT2D eigenvalue weighted by atomic mass is 19.4. The Hall–Kier alpha value is -2.88. The van der Waals surface area contributed by atoms with Gasteiger partial charge in [-0.3, -0.25) is 4.98 Å². The minimum absolute atomic E-state index is 0.604. The van der Waals surface area contributed by atoms with Crippen molar-refractivity contribution in [3.63, 3.8) is 0 Å². The van der Waals surface area contributed by atoms with Gasteiger partial charge in [0.1, 0.15) is 0 Å². The molecular weight excluding hydrogens is 347 g/mol. The molecule has 0 aliphatic carbocycles. The Labute approximate surface area is 155 Å². The van der Waals surface area contributed by atoms with Crippen LogP contribution in [0, 0.1) is 20.8 Å². The number of fused-ring (bicyclic) bond motifs is 3. The van der Waals surface area contributed by atoms with Crippen molar-refractivity contribution in [3.05, 3.63) is 77.0 Å². The number of hydrogen-bond acceptors (Lipinski definition) is 1. The molecule has 0 radical (unpaired) electrons. The standard InChI is InChI=1S/C23H18F3N/c1-13-8-14(2)10-16(9-13)22-20-5-4-18-15(3)11-17(23(24,25)26)12-21(18)19(20)6-7-27-22/h4-12H,1-3H3. The number of aryl methyl sites for hydroxylation is 3. The Morgan fingerprint density at radius 3 is 2.04 bits per heavy atom. The summed E-state index contributed by atoms with van der Waals surface area (Å²) in [7, 11) is 0. The molecule has 0 N–H and O–H groups in total. The number of hydrogen-bond donors (Lipinski definition) is 0. The van der Waals surface area contributed by atoms with E-state index in [4.69, 9.17) is 0 Å². The van der Waals surface area contributed by atoms with E-state index < -0.39 is 11.7 Å². The lowest BCUT2D eigenvalue weighted by molar-refractivity contribution is -0.137. The monoisotopic (exact) mass is 365 g/mol. The van der Waals surface area contributed by atoms with E-state index in [1.165, 1.54) is 12.1 Å². The van der Waals surface area contributed by atoms with Crippen molar-refractivity contribution in [3.8, 4) is 11.3 Å². The molecule has 0 saturated carbocycles. The van der Waals surface area contributed by atoms with E-state index in [9.17, 15) is 13.2 Å². The quantitative estimate of drug-likeness (QED) is 0.331. The summed E-state index contributed by atoms with van der Waals surface area (Å²) in [5.41, 5.74) is 4.01. The van der Waals surface area contributed by atoms with Crippen molar-refractivity contribution in [2.24, 2.45) is 0 Å². The first-order valence-electron chi connectivity index (χ1n) is 8.72. The van der Waals surface area contributed by atoms with Crippen molar-refractivity contribution >= 4 is 21.5 Å². The average molecular weight is 365 g/mol. The van der Waals surface area contributed by atoms with Crippen molar-refractivity contribution < 1.29 is 13.2 Å². The maximum absolute atomic E-state index is 13.3. The van der Waals surface area contributed by atoms with Crippen molar-refractivity contribution in [1.29, 1.82) is 0 Å². The van der Waals surface area contributed by atoms with E-state index in [0.29, 0.717) is 10.9 Å². The van der Waals surface area contributed by atoms with Gasteiger partial charge in [0.25, 0.3) is 0 Å². The van der Waals surface area contributed by atoms with Crippen molar-refractivity contribution in [2.45, 2.75) is 26.9 Å². The van der Waals surface area contributed by atoms with Crippen LogP contribution >= 0.6 is 0 Å². The first-order chi connectivity index (χ1) is 12.7. The summed E-state index contributed by atoms with van der Waals surface area (Å²) in [6.07, 6.45) is -2.70. The second kappa shape index (κ2) is 6.08. The highest BCUT2D eigenvalue weighted by Gasteiger charge is 2.31. The van der Waals surface area contributed by atoms with Gasteiger partial charge < -0.3 is 0 Å². The molecular formula is C23H18F3N. The molecule has 4 aromatic rings. The number of nitrogens with zero attached hydrogens (tertiary/aromatic N) is 1. The van der Waals surface area contributed by atoms with Crippen LogP contribution in [-0.4, -0.2) is 4.98 Å². The Balaban J connectivity index is 2.08. The molecule has 136 valence electrons. The van der Waals surface area contributed by atoms with Crippen LogP contribution in [0.2, 0.25) is 0 Å².